The summed E-state index contributed by atoms with van der Waals surface area (Å²) in [5.41, 5.74) is 1.27. The minimum absolute atomic E-state index is 0.0113. The number of thioether (sulfide) groups is 1. The Hall–Kier alpha value is -2.29. The molecule has 2 N–H and O–H groups in total. The number of hydrogen-bond acceptors (Lipinski definition) is 10. The van der Waals surface area contributed by atoms with Crippen LogP contribution in [0.1, 0.15) is 15.9 Å². The summed E-state index contributed by atoms with van der Waals surface area (Å²) in [6.45, 7) is 0. The van der Waals surface area contributed by atoms with Gasteiger partial charge in [-0.25, -0.2) is 0 Å². The molecule has 0 spiro atoms. The summed E-state index contributed by atoms with van der Waals surface area (Å²) >= 11 is 15.1. The zero-order valence-corrected chi connectivity index (χ0v) is 21.0. The summed E-state index contributed by atoms with van der Waals surface area (Å²) in [5, 5.41) is 18.3. The maximum Gasteiger partial charge on any atom is 0.293 e. The average Bonchev–Trinajstić information content (AvgIpc) is 3.42. The fraction of sp³-hybridized carbons (Fsp3) is 0.0556. The molecule has 4 rings (SSSR count). The Labute approximate surface area is 210 Å². The number of halogens is 2. The lowest BCUT2D eigenvalue weighted by Gasteiger charge is -2.03. The van der Waals surface area contributed by atoms with Crippen molar-refractivity contribution in [3.05, 3.63) is 69.7 Å². The van der Waals surface area contributed by atoms with Crippen molar-refractivity contribution in [1.29, 1.82) is 0 Å². The van der Waals surface area contributed by atoms with Crippen LogP contribution < -0.4 is 10.0 Å². The molecular formula is C18H12Cl2N6O3S4. The van der Waals surface area contributed by atoms with E-state index in [1.807, 2.05) is 30.3 Å². The molecule has 0 radical (unpaired) electrons. The van der Waals surface area contributed by atoms with Gasteiger partial charge in [-0.3, -0.25) is 14.8 Å². The number of hydrogen-bond donors (Lipinski definition) is 2. The van der Waals surface area contributed by atoms with Gasteiger partial charge in [-0.1, -0.05) is 88.0 Å². The summed E-state index contributed by atoms with van der Waals surface area (Å²) < 4.78 is 27.9. The first kappa shape index (κ1) is 23.9. The molecule has 15 heteroatoms. The van der Waals surface area contributed by atoms with Gasteiger partial charge in [-0.2, -0.15) is 8.42 Å². The number of amides is 1. The summed E-state index contributed by atoms with van der Waals surface area (Å²) in [7, 11) is -4.06. The number of aromatic nitrogens is 4. The highest BCUT2D eigenvalue weighted by molar-refractivity contribution is 8.00. The van der Waals surface area contributed by atoms with Crippen LogP contribution in [0.3, 0.4) is 0 Å². The Morgan fingerprint density at radius 1 is 0.970 bits per heavy atom. The predicted molar refractivity (Wildman–Crippen MR) is 131 cm³/mol. The van der Waals surface area contributed by atoms with Gasteiger partial charge in [0.05, 0.1) is 10.6 Å². The first-order valence-electron chi connectivity index (χ1n) is 8.93. The Bertz CT molecular complexity index is 1400. The number of carbonyl (C=O) groups excluding carboxylic acids is 1. The molecule has 0 saturated heterocycles. The number of nitrogens with zero attached hydrogens (tertiary/aromatic N) is 4. The van der Waals surface area contributed by atoms with Gasteiger partial charge in [-0.05, 0) is 23.8 Å². The van der Waals surface area contributed by atoms with Crippen molar-refractivity contribution in [2.24, 2.45) is 0 Å². The molecule has 0 aliphatic rings. The van der Waals surface area contributed by atoms with E-state index >= 15 is 0 Å². The second-order valence-corrected chi connectivity index (χ2v) is 12.1. The van der Waals surface area contributed by atoms with Crippen molar-refractivity contribution in [3.8, 4) is 0 Å². The summed E-state index contributed by atoms with van der Waals surface area (Å²) in [4.78, 5) is 12.4. The van der Waals surface area contributed by atoms with Gasteiger partial charge in [0.2, 0.25) is 10.3 Å². The molecular weight excluding hydrogens is 547 g/mol. The van der Waals surface area contributed by atoms with Crippen LogP contribution in [0, 0.1) is 0 Å². The number of carbonyl (C=O) groups is 1. The molecule has 33 heavy (non-hydrogen) atoms. The van der Waals surface area contributed by atoms with Crippen molar-refractivity contribution in [1.82, 2.24) is 20.4 Å². The lowest BCUT2D eigenvalue weighted by atomic mass is 10.2. The number of anilines is 2. The second kappa shape index (κ2) is 10.3. The molecule has 0 fully saturated rings. The normalized spacial score (nSPS) is 11.3. The number of sulfonamides is 1. The van der Waals surface area contributed by atoms with Crippen molar-refractivity contribution in [2.45, 2.75) is 14.4 Å². The molecule has 0 saturated carbocycles. The first-order valence-corrected chi connectivity index (χ1v) is 13.8. The topological polar surface area (TPSA) is 127 Å². The van der Waals surface area contributed by atoms with Crippen LogP contribution in [0.4, 0.5) is 10.3 Å². The molecule has 0 bridgehead atoms. The molecule has 2 heterocycles. The molecule has 4 aromatic rings. The Balaban J connectivity index is 1.39. The van der Waals surface area contributed by atoms with Gasteiger partial charge in [0.15, 0.2) is 4.34 Å². The van der Waals surface area contributed by atoms with E-state index in [-0.39, 0.29) is 25.2 Å². The number of benzene rings is 2. The summed E-state index contributed by atoms with van der Waals surface area (Å²) in [6.07, 6.45) is 0. The highest BCUT2D eigenvalue weighted by Gasteiger charge is 2.23. The molecule has 0 aliphatic carbocycles. The van der Waals surface area contributed by atoms with Crippen LogP contribution in [0.2, 0.25) is 10.0 Å². The maximum absolute atomic E-state index is 12.6. The number of nitrogens with one attached hydrogen (secondary N) is 2. The lowest BCUT2D eigenvalue weighted by molar-refractivity contribution is 0.102. The zero-order valence-electron chi connectivity index (χ0n) is 16.2. The molecule has 9 nitrogen and oxygen atoms in total. The monoisotopic (exact) mass is 558 g/mol. The molecule has 0 atom stereocenters. The van der Waals surface area contributed by atoms with Crippen molar-refractivity contribution < 1.29 is 13.2 Å². The van der Waals surface area contributed by atoms with Gasteiger partial charge >= 0.3 is 0 Å². The highest BCUT2D eigenvalue weighted by Crippen LogP contribution is 2.30. The number of rotatable bonds is 8. The molecule has 2 aromatic carbocycles. The van der Waals surface area contributed by atoms with E-state index in [1.54, 1.807) is 0 Å². The third-order valence-corrected chi connectivity index (χ3v) is 9.13. The van der Waals surface area contributed by atoms with Crippen LogP contribution in [0.15, 0.2) is 57.2 Å². The van der Waals surface area contributed by atoms with E-state index in [0.717, 1.165) is 16.9 Å². The molecule has 2 aromatic heterocycles. The minimum Gasteiger partial charge on any atom is -0.296 e. The van der Waals surface area contributed by atoms with Gasteiger partial charge in [0.25, 0.3) is 20.3 Å². The standard InChI is InChI=1S/C18H12Cl2N6O3S4/c19-11-6-7-12(13(20)8-11)14(27)21-15-22-25-18(32-15)33(28,29)26-16-23-24-17(31-16)30-9-10-4-2-1-3-5-10/h1-8H,9H2,(H,23,26)(H,21,22,27). The van der Waals surface area contributed by atoms with E-state index < -0.39 is 15.9 Å². The second-order valence-electron chi connectivity index (χ2n) is 6.20. The first-order chi connectivity index (χ1) is 15.8. The van der Waals surface area contributed by atoms with E-state index in [2.05, 4.69) is 30.4 Å². The fourth-order valence-electron chi connectivity index (χ4n) is 2.39. The van der Waals surface area contributed by atoms with E-state index in [0.29, 0.717) is 26.5 Å². The molecule has 170 valence electrons. The van der Waals surface area contributed by atoms with Crippen LogP contribution in [0.25, 0.3) is 0 Å². The molecule has 1 amide bonds. The zero-order chi connectivity index (χ0) is 23.4. The largest absolute Gasteiger partial charge is 0.296 e. The fourth-order valence-corrected chi connectivity index (χ4v) is 6.72. The molecule has 0 unspecified atom stereocenters. The quantitative estimate of drug-likeness (QED) is 0.227. The Morgan fingerprint density at radius 3 is 2.48 bits per heavy atom. The van der Waals surface area contributed by atoms with E-state index in [1.165, 1.54) is 30.0 Å². The third kappa shape index (κ3) is 6.19. The summed E-state index contributed by atoms with van der Waals surface area (Å²) in [6, 6.07) is 14.2. The lowest BCUT2D eigenvalue weighted by Crippen LogP contribution is -2.12. The smallest absolute Gasteiger partial charge is 0.293 e. The van der Waals surface area contributed by atoms with Crippen LogP contribution in [-0.4, -0.2) is 34.7 Å². The highest BCUT2D eigenvalue weighted by atomic mass is 35.5. The van der Waals surface area contributed by atoms with Gasteiger partial charge in [0, 0.05) is 10.8 Å². The molecule has 0 aliphatic heterocycles. The van der Waals surface area contributed by atoms with Crippen molar-refractivity contribution >= 4 is 83.8 Å². The van der Waals surface area contributed by atoms with Crippen LogP contribution in [0.5, 0.6) is 0 Å². The van der Waals surface area contributed by atoms with E-state index in [9.17, 15) is 13.2 Å². The van der Waals surface area contributed by atoms with Crippen LogP contribution in [-0.2, 0) is 15.8 Å². The van der Waals surface area contributed by atoms with Crippen molar-refractivity contribution in [3.63, 3.8) is 0 Å². The van der Waals surface area contributed by atoms with Crippen molar-refractivity contribution in [2.75, 3.05) is 10.0 Å². The van der Waals surface area contributed by atoms with Gasteiger partial charge in [-0.15, -0.1) is 20.4 Å². The summed E-state index contributed by atoms with van der Waals surface area (Å²) in [5.74, 6) is 0.105. The van der Waals surface area contributed by atoms with Gasteiger partial charge < -0.3 is 0 Å². The predicted octanol–water partition coefficient (Wildman–Crippen LogP) is 5.04. The SMILES string of the molecule is O=C(Nc1nnc(S(=O)(=O)Nc2nnc(SCc3ccccc3)s2)s1)c1ccc(Cl)cc1Cl. The third-order valence-electron chi connectivity index (χ3n) is 3.87. The Kier molecular flexibility index (Phi) is 7.46. The van der Waals surface area contributed by atoms with E-state index in [4.69, 9.17) is 23.2 Å². The Morgan fingerprint density at radius 2 is 1.73 bits per heavy atom. The van der Waals surface area contributed by atoms with Gasteiger partial charge in [0.1, 0.15) is 0 Å². The maximum atomic E-state index is 12.6. The van der Waals surface area contributed by atoms with Crippen LogP contribution >= 0.6 is 57.6 Å². The average molecular weight is 560 g/mol. The minimum atomic E-state index is -4.06.